The monoisotopic (exact) mass is 237 g/mol. The average Bonchev–Trinajstić information content (AvgIpc) is 2.30. The van der Waals surface area contributed by atoms with Gasteiger partial charge < -0.3 is 4.74 Å². The summed E-state index contributed by atoms with van der Waals surface area (Å²) < 4.78 is 18.6. The van der Waals surface area contributed by atoms with Gasteiger partial charge in [0.2, 0.25) is 0 Å². The van der Waals surface area contributed by atoms with E-state index in [0.29, 0.717) is 16.5 Å². The van der Waals surface area contributed by atoms with Crippen LogP contribution in [0.25, 0.3) is 0 Å². The maximum Gasteiger partial charge on any atom is 0.138 e. The molecule has 0 aliphatic rings. The fraction of sp³-hybridized carbons (Fsp3) is 0.0833. The number of benzene rings is 1. The van der Waals surface area contributed by atoms with E-state index in [4.69, 9.17) is 16.3 Å². The molecule has 1 aromatic carbocycles. The third-order valence-corrected chi connectivity index (χ3v) is 2.28. The van der Waals surface area contributed by atoms with Crippen LogP contribution in [0.1, 0.15) is 5.56 Å². The summed E-state index contributed by atoms with van der Waals surface area (Å²) in [6.07, 6.45) is 1.50. The van der Waals surface area contributed by atoms with E-state index in [9.17, 15) is 4.39 Å². The van der Waals surface area contributed by atoms with Crippen molar-refractivity contribution in [2.45, 2.75) is 6.61 Å². The first kappa shape index (κ1) is 10.9. The number of rotatable bonds is 3. The first-order valence-corrected chi connectivity index (χ1v) is 5.11. The van der Waals surface area contributed by atoms with Gasteiger partial charge in [-0.1, -0.05) is 29.8 Å². The van der Waals surface area contributed by atoms with Gasteiger partial charge in [-0.3, -0.25) is 0 Å². The Bertz CT molecular complexity index is 473. The van der Waals surface area contributed by atoms with E-state index in [1.54, 1.807) is 30.3 Å². The van der Waals surface area contributed by atoms with Crippen molar-refractivity contribution >= 4 is 11.6 Å². The molecule has 0 unspecified atom stereocenters. The van der Waals surface area contributed by atoms with Crippen LogP contribution < -0.4 is 4.74 Å². The maximum atomic E-state index is 13.2. The van der Waals surface area contributed by atoms with Crippen molar-refractivity contribution < 1.29 is 9.13 Å². The minimum Gasteiger partial charge on any atom is -0.487 e. The Labute approximate surface area is 97.7 Å². The Balaban J connectivity index is 2.02. The predicted octanol–water partition coefficient (Wildman–Crippen LogP) is 3.45. The smallest absolute Gasteiger partial charge is 0.138 e. The van der Waals surface area contributed by atoms with Gasteiger partial charge in [-0.2, -0.15) is 0 Å². The summed E-state index contributed by atoms with van der Waals surface area (Å²) in [5, 5.41) is 0.401. The van der Waals surface area contributed by atoms with E-state index in [0.717, 1.165) is 0 Å². The highest BCUT2D eigenvalue weighted by molar-refractivity contribution is 6.29. The average molecular weight is 238 g/mol. The largest absolute Gasteiger partial charge is 0.487 e. The Kier molecular flexibility index (Phi) is 3.37. The lowest BCUT2D eigenvalue weighted by Crippen LogP contribution is -1.98. The van der Waals surface area contributed by atoms with Crippen molar-refractivity contribution in [3.8, 4) is 5.75 Å². The number of halogens is 2. The Morgan fingerprint density at radius 1 is 1.19 bits per heavy atom. The quantitative estimate of drug-likeness (QED) is 0.763. The van der Waals surface area contributed by atoms with E-state index >= 15 is 0 Å². The van der Waals surface area contributed by atoms with Crippen LogP contribution in [0.15, 0.2) is 42.6 Å². The van der Waals surface area contributed by atoms with Crippen molar-refractivity contribution in [2.24, 2.45) is 0 Å². The first-order chi connectivity index (χ1) is 7.75. The SMILES string of the molecule is Fc1ccccc1COc1ccc(Cl)nc1. The molecule has 0 fully saturated rings. The summed E-state index contributed by atoms with van der Waals surface area (Å²) in [5.74, 6) is 0.289. The van der Waals surface area contributed by atoms with Gasteiger partial charge >= 0.3 is 0 Å². The second-order valence-electron chi connectivity index (χ2n) is 3.20. The van der Waals surface area contributed by atoms with E-state index < -0.39 is 0 Å². The van der Waals surface area contributed by atoms with Gasteiger partial charge in [0.05, 0.1) is 6.20 Å². The molecule has 2 rings (SSSR count). The van der Waals surface area contributed by atoms with Crippen molar-refractivity contribution in [2.75, 3.05) is 0 Å². The molecule has 0 spiro atoms. The number of aromatic nitrogens is 1. The molecule has 16 heavy (non-hydrogen) atoms. The number of hydrogen-bond acceptors (Lipinski definition) is 2. The zero-order valence-electron chi connectivity index (χ0n) is 8.36. The van der Waals surface area contributed by atoms with Crippen molar-refractivity contribution in [1.82, 2.24) is 4.98 Å². The van der Waals surface area contributed by atoms with E-state index in [1.165, 1.54) is 12.3 Å². The standard InChI is InChI=1S/C12H9ClFNO/c13-12-6-5-10(7-15-12)16-8-9-3-1-2-4-11(9)14/h1-7H,8H2. The molecular weight excluding hydrogens is 229 g/mol. The molecule has 2 aromatic rings. The molecule has 0 aliphatic heterocycles. The van der Waals surface area contributed by atoms with Gasteiger partial charge in [-0.15, -0.1) is 0 Å². The molecule has 0 radical (unpaired) electrons. The normalized spacial score (nSPS) is 10.1. The molecule has 0 saturated carbocycles. The molecule has 0 saturated heterocycles. The van der Waals surface area contributed by atoms with Gasteiger partial charge in [0.15, 0.2) is 0 Å². The lowest BCUT2D eigenvalue weighted by molar-refractivity contribution is 0.298. The second-order valence-corrected chi connectivity index (χ2v) is 3.58. The van der Waals surface area contributed by atoms with E-state index in [1.807, 2.05) is 0 Å². The molecule has 0 N–H and O–H groups in total. The van der Waals surface area contributed by atoms with Crippen LogP contribution in [0.2, 0.25) is 5.15 Å². The van der Waals surface area contributed by atoms with Gasteiger partial charge in [-0.05, 0) is 18.2 Å². The van der Waals surface area contributed by atoms with E-state index in [2.05, 4.69) is 4.98 Å². The van der Waals surface area contributed by atoms with Crippen LogP contribution in [0, 0.1) is 5.82 Å². The minimum absolute atomic E-state index is 0.177. The van der Waals surface area contributed by atoms with Crippen LogP contribution in [-0.4, -0.2) is 4.98 Å². The summed E-state index contributed by atoms with van der Waals surface area (Å²) in [6.45, 7) is 0.177. The number of ether oxygens (including phenoxy) is 1. The van der Waals surface area contributed by atoms with Crippen molar-refractivity contribution in [1.29, 1.82) is 0 Å². The zero-order chi connectivity index (χ0) is 11.4. The van der Waals surface area contributed by atoms with Crippen LogP contribution in [0.3, 0.4) is 0 Å². The van der Waals surface area contributed by atoms with Crippen molar-refractivity contribution in [3.63, 3.8) is 0 Å². The third-order valence-electron chi connectivity index (χ3n) is 2.05. The number of nitrogens with zero attached hydrogens (tertiary/aromatic N) is 1. The Morgan fingerprint density at radius 3 is 2.69 bits per heavy atom. The molecule has 4 heteroatoms. The molecule has 0 bridgehead atoms. The van der Waals surface area contributed by atoms with Crippen LogP contribution >= 0.6 is 11.6 Å². The molecule has 1 aromatic heterocycles. The fourth-order valence-electron chi connectivity index (χ4n) is 1.22. The Morgan fingerprint density at radius 2 is 2.00 bits per heavy atom. The van der Waals surface area contributed by atoms with Gasteiger partial charge in [0.1, 0.15) is 23.3 Å². The molecule has 0 atom stereocenters. The lowest BCUT2D eigenvalue weighted by atomic mass is 10.2. The topological polar surface area (TPSA) is 22.1 Å². The maximum absolute atomic E-state index is 13.2. The van der Waals surface area contributed by atoms with Gasteiger partial charge in [-0.25, -0.2) is 9.37 Å². The molecule has 0 amide bonds. The molecule has 82 valence electrons. The highest BCUT2D eigenvalue weighted by atomic mass is 35.5. The number of hydrogen-bond donors (Lipinski definition) is 0. The Hall–Kier alpha value is -1.61. The van der Waals surface area contributed by atoms with E-state index in [-0.39, 0.29) is 12.4 Å². The van der Waals surface area contributed by atoms with Crippen LogP contribution in [0.5, 0.6) is 5.75 Å². The second kappa shape index (κ2) is 4.94. The molecule has 1 heterocycles. The lowest BCUT2D eigenvalue weighted by Gasteiger charge is -2.06. The molecule has 2 nitrogen and oxygen atoms in total. The summed E-state index contributed by atoms with van der Waals surface area (Å²) >= 11 is 5.63. The third kappa shape index (κ3) is 2.70. The zero-order valence-corrected chi connectivity index (χ0v) is 9.12. The first-order valence-electron chi connectivity index (χ1n) is 4.73. The fourth-order valence-corrected chi connectivity index (χ4v) is 1.34. The van der Waals surface area contributed by atoms with Crippen LogP contribution in [-0.2, 0) is 6.61 Å². The van der Waals surface area contributed by atoms with Gasteiger partial charge in [0.25, 0.3) is 0 Å². The summed E-state index contributed by atoms with van der Waals surface area (Å²) in [7, 11) is 0. The molecule has 0 aliphatic carbocycles. The highest BCUT2D eigenvalue weighted by Crippen LogP contribution is 2.15. The van der Waals surface area contributed by atoms with Crippen molar-refractivity contribution in [3.05, 3.63) is 59.1 Å². The summed E-state index contributed by atoms with van der Waals surface area (Å²) in [5.41, 5.74) is 0.512. The van der Waals surface area contributed by atoms with Gasteiger partial charge in [0, 0.05) is 5.56 Å². The number of pyridine rings is 1. The summed E-state index contributed by atoms with van der Waals surface area (Å²) in [6, 6.07) is 9.80. The molecular formula is C12H9ClFNO. The summed E-state index contributed by atoms with van der Waals surface area (Å²) in [4.78, 5) is 3.86. The minimum atomic E-state index is -0.274. The predicted molar refractivity (Wildman–Crippen MR) is 60.0 cm³/mol. The highest BCUT2D eigenvalue weighted by Gasteiger charge is 2.01. The van der Waals surface area contributed by atoms with Crippen LogP contribution in [0.4, 0.5) is 4.39 Å².